The Kier molecular flexibility index (Phi) is 3.99. The summed E-state index contributed by atoms with van der Waals surface area (Å²) in [6.07, 6.45) is 0.671. The lowest BCUT2D eigenvalue weighted by molar-refractivity contribution is -0.105. The average molecular weight is 179 g/mol. The van der Waals surface area contributed by atoms with E-state index in [9.17, 15) is 4.79 Å². The van der Waals surface area contributed by atoms with Crippen LogP contribution in [-0.4, -0.2) is 13.0 Å². The first-order valence-corrected chi connectivity index (χ1v) is 4.24. The first kappa shape index (κ1) is 9.74. The number of anilines is 1. The SMILES string of the molecule is CCOCc1ccccc1NC=O. The van der Waals surface area contributed by atoms with Gasteiger partial charge in [-0.25, -0.2) is 0 Å². The minimum Gasteiger partial charge on any atom is -0.377 e. The zero-order valence-corrected chi connectivity index (χ0v) is 7.62. The number of carbonyl (C=O) groups is 1. The second kappa shape index (κ2) is 5.32. The van der Waals surface area contributed by atoms with Crippen LogP contribution in [0.15, 0.2) is 24.3 Å². The molecule has 0 saturated heterocycles. The first-order chi connectivity index (χ1) is 6.38. The number of hydrogen-bond donors (Lipinski definition) is 1. The maximum absolute atomic E-state index is 10.2. The highest BCUT2D eigenvalue weighted by Crippen LogP contribution is 2.14. The predicted octanol–water partition coefficient (Wildman–Crippen LogP) is 1.79. The molecule has 1 N–H and O–H groups in total. The van der Waals surface area contributed by atoms with Gasteiger partial charge in [0.1, 0.15) is 0 Å². The van der Waals surface area contributed by atoms with Crippen LogP contribution in [0.4, 0.5) is 5.69 Å². The van der Waals surface area contributed by atoms with Crippen LogP contribution in [0.2, 0.25) is 0 Å². The van der Waals surface area contributed by atoms with Gasteiger partial charge in [-0.05, 0) is 13.0 Å². The molecular weight excluding hydrogens is 166 g/mol. The van der Waals surface area contributed by atoms with Crippen molar-refractivity contribution < 1.29 is 9.53 Å². The fraction of sp³-hybridized carbons (Fsp3) is 0.300. The van der Waals surface area contributed by atoms with E-state index in [1.165, 1.54) is 0 Å². The van der Waals surface area contributed by atoms with Gasteiger partial charge in [0, 0.05) is 17.9 Å². The van der Waals surface area contributed by atoms with Crippen LogP contribution in [0.25, 0.3) is 0 Å². The summed E-state index contributed by atoms with van der Waals surface area (Å²) >= 11 is 0. The largest absolute Gasteiger partial charge is 0.377 e. The molecule has 0 aliphatic rings. The summed E-state index contributed by atoms with van der Waals surface area (Å²) in [5.41, 5.74) is 1.81. The summed E-state index contributed by atoms with van der Waals surface area (Å²) in [6.45, 7) is 3.15. The molecule has 0 spiro atoms. The Labute approximate surface area is 77.7 Å². The van der Waals surface area contributed by atoms with Crippen molar-refractivity contribution in [3.8, 4) is 0 Å². The summed E-state index contributed by atoms with van der Waals surface area (Å²) in [6, 6.07) is 7.58. The normalized spacial score (nSPS) is 9.62. The van der Waals surface area contributed by atoms with Gasteiger partial charge in [0.15, 0.2) is 0 Å². The lowest BCUT2D eigenvalue weighted by Crippen LogP contribution is -2.00. The zero-order valence-electron chi connectivity index (χ0n) is 7.62. The van der Waals surface area contributed by atoms with E-state index in [4.69, 9.17) is 4.74 Å². The summed E-state index contributed by atoms with van der Waals surface area (Å²) in [4.78, 5) is 10.2. The van der Waals surface area contributed by atoms with Gasteiger partial charge in [0.25, 0.3) is 0 Å². The number of para-hydroxylation sites is 1. The monoisotopic (exact) mass is 179 g/mol. The topological polar surface area (TPSA) is 38.3 Å². The van der Waals surface area contributed by atoms with E-state index >= 15 is 0 Å². The number of benzene rings is 1. The summed E-state index contributed by atoms with van der Waals surface area (Å²) < 4.78 is 5.25. The highest BCUT2D eigenvalue weighted by Gasteiger charge is 1.99. The fourth-order valence-corrected chi connectivity index (χ4v) is 1.06. The lowest BCUT2D eigenvalue weighted by Gasteiger charge is -2.07. The van der Waals surface area contributed by atoms with Crippen LogP contribution in [-0.2, 0) is 16.1 Å². The molecule has 3 heteroatoms. The van der Waals surface area contributed by atoms with Crippen molar-refractivity contribution in [2.45, 2.75) is 13.5 Å². The van der Waals surface area contributed by atoms with Crippen molar-refractivity contribution in [2.24, 2.45) is 0 Å². The van der Waals surface area contributed by atoms with E-state index in [1.807, 2.05) is 31.2 Å². The van der Waals surface area contributed by atoms with E-state index in [0.717, 1.165) is 11.3 Å². The van der Waals surface area contributed by atoms with Crippen molar-refractivity contribution in [1.82, 2.24) is 0 Å². The van der Waals surface area contributed by atoms with Crippen LogP contribution in [0.3, 0.4) is 0 Å². The van der Waals surface area contributed by atoms with Crippen molar-refractivity contribution in [3.63, 3.8) is 0 Å². The number of ether oxygens (including phenoxy) is 1. The highest BCUT2D eigenvalue weighted by molar-refractivity contribution is 5.73. The van der Waals surface area contributed by atoms with Gasteiger partial charge in [0.05, 0.1) is 6.61 Å². The molecular formula is C10H13NO2. The molecule has 13 heavy (non-hydrogen) atoms. The highest BCUT2D eigenvalue weighted by atomic mass is 16.5. The molecule has 1 rings (SSSR count). The number of hydrogen-bond acceptors (Lipinski definition) is 2. The molecule has 0 bridgehead atoms. The maximum Gasteiger partial charge on any atom is 0.211 e. The fourth-order valence-electron chi connectivity index (χ4n) is 1.06. The van der Waals surface area contributed by atoms with Gasteiger partial charge in [-0.2, -0.15) is 0 Å². The van der Waals surface area contributed by atoms with E-state index in [2.05, 4.69) is 5.32 Å². The lowest BCUT2D eigenvalue weighted by atomic mass is 10.2. The third-order valence-electron chi connectivity index (χ3n) is 1.69. The second-order valence-corrected chi connectivity index (χ2v) is 2.56. The standard InChI is InChI=1S/C10H13NO2/c1-2-13-7-9-5-3-4-6-10(9)11-8-12/h3-6,8H,2,7H2,1H3,(H,11,12). The van der Waals surface area contributed by atoms with Crippen LogP contribution < -0.4 is 5.32 Å². The third kappa shape index (κ3) is 2.87. The van der Waals surface area contributed by atoms with Crippen LogP contribution in [0, 0.1) is 0 Å². The molecule has 0 aromatic heterocycles. The molecule has 0 radical (unpaired) electrons. The zero-order chi connectivity index (χ0) is 9.52. The molecule has 1 aromatic rings. The van der Waals surface area contributed by atoms with E-state index < -0.39 is 0 Å². The summed E-state index contributed by atoms with van der Waals surface area (Å²) in [5.74, 6) is 0. The molecule has 0 heterocycles. The molecule has 0 atom stereocenters. The van der Waals surface area contributed by atoms with Gasteiger partial charge in [-0.3, -0.25) is 4.79 Å². The third-order valence-corrected chi connectivity index (χ3v) is 1.69. The van der Waals surface area contributed by atoms with Gasteiger partial charge in [0.2, 0.25) is 6.41 Å². The molecule has 0 unspecified atom stereocenters. The quantitative estimate of drug-likeness (QED) is 0.700. The van der Waals surface area contributed by atoms with E-state index in [-0.39, 0.29) is 0 Å². The average Bonchev–Trinajstić information content (AvgIpc) is 2.17. The first-order valence-electron chi connectivity index (χ1n) is 4.24. The van der Waals surface area contributed by atoms with Gasteiger partial charge < -0.3 is 10.1 Å². The molecule has 1 aromatic carbocycles. The molecule has 0 fully saturated rings. The van der Waals surface area contributed by atoms with E-state index in [1.54, 1.807) is 0 Å². The smallest absolute Gasteiger partial charge is 0.211 e. The minimum absolute atomic E-state index is 0.535. The Hall–Kier alpha value is -1.35. The second-order valence-electron chi connectivity index (χ2n) is 2.56. The maximum atomic E-state index is 10.2. The van der Waals surface area contributed by atoms with Gasteiger partial charge in [-0.1, -0.05) is 18.2 Å². The number of amides is 1. The van der Waals surface area contributed by atoms with Gasteiger partial charge >= 0.3 is 0 Å². The molecule has 3 nitrogen and oxygen atoms in total. The molecule has 0 aliphatic carbocycles. The molecule has 0 aliphatic heterocycles. The Morgan fingerprint density at radius 1 is 1.46 bits per heavy atom. The van der Waals surface area contributed by atoms with E-state index in [0.29, 0.717) is 19.6 Å². The molecule has 0 saturated carbocycles. The van der Waals surface area contributed by atoms with Crippen molar-refractivity contribution in [2.75, 3.05) is 11.9 Å². The Morgan fingerprint density at radius 3 is 2.92 bits per heavy atom. The minimum atomic E-state index is 0.535. The Bertz CT molecular complexity index is 273. The van der Waals surface area contributed by atoms with Crippen LogP contribution in [0.5, 0.6) is 0 Å². The number of carbonyl (C=O) groups excluding carboxylic acids is 1. The summed E-state index contributed by atoms with van der Waals surface area (Å²) in [5, 5.41) is 2.62. The Balaban J connectivity index is 2.71. The number of nitrogens with one attached hydrogen (secondary N) is 1. The van der Waals surface area contributed by atoms with Crippen LogP contribution in [0.1, 0.15) is 12.5 Å². The predicted molar refractivity (Wildman–Crippen MR) is 51.5 cm³/mol. The number of rotatable bonds is 5. The molecule has 1 amide bonds. The van der Waals surface area contributed by atoms with Crippen molar-refractivity contribution in [1.29, 1.82) is 0 Å². The summed E-state index contributed by atoms with van der Waals surface area (Å²) in [7, 11) is 0. The Morgan fingerprint density at radius 2 is 2.23 bits per heavy atom. The van der Waals surface area contributed by atoms with Crippen molar-refractivity contribution in [3.05, 3.63) is 29.8 Å². The molecule has 70 valence electrons. The van der Waals surface area contributed by atoms with Crippen LogP contribution >= 0.6 is 0 Å². The van der Waals surface area contributed by atoms with Crippen molar-refractivity contribution >= 4 is 12.1 Å². The van der Waals surface area contributed by atoms with Gasteiger partial charge in [-0.15, -0.1) is 0 Å².